The molecule has 2 N–H and O–H groups in total. The molecule has 0 aliphatic heterocycles. The van der Waals surface area contributed by atoms with Gasteiger partial charge in [0.15, 0.2) is 0 Å². The zero-order chi connectivity index (χ0) is 15.7. The minimum Gasteiger partial charge on any atom is -0.465 e. The van der Waals surface area contributed by atoms with Crippen molar-refractivity contribution < 1.29 is 9.53 Å². The molecule has 112 valence electrons. The lowest BCUT2D eigenvalue weighted by Gasteiger charge is -2.11. The van der Waals surface area contributed by atoms with E-state index in [2.05, 4.69) is 48.8 Å². The largest absolute Gasteiger partial charge is 0.465 e. The minimum atomic E-state index is -0.375. The second kappa shape index (κ2) is 6.20. The number of rotatable bonds is 3. The van der Waals surface area contributed by atoms with Gasteiger partial charge in [0.1, 0.15) is 4.88 Å². The maximum atomic E-state index is 11.9. The Morgan fingerprint density at radius 3 is 2.57 bits per heavy atom. The molecule has 1 aromatic heterocycles. The first kappa shape index (κ1) is 16.0. The summed E-state index contributed by atoms with van der Waals surface area (Å²) in [5.41, 5.74) is 10.0. The molecule has 0 saturated heterocycles. The van der Waals surface area contributed by atoms with Crippen molar-refractivity contribution in [2.75, 3.05) is 12.8 Å². The summed E-state index contributed by atoms with van der Waals surface area (Å²) in [5, 5.41) is 0. The molecule has 0 fully saturated rings. The Bertz CT molecular complexity index is 692. The highest BCUT2D eigenvalue weighted by atomic mass is 79.9. The molecule has 0 bridgehead atoms. The second-order valence-electron chi connectivity index (χ2n) is 5.19. The number of aryl methyl sites for hydroxylation is 1. The molecule has 1 heterocycles. The van der Waals surface area contributed by atoms with Gasteiger partial charge in [0.2, 0.25) is 0 Å². The van der Waals surface area contributed by atoms with E-state index in [0.29, 0.717) is 10.6 Å². The van der Waals surface area contributed by atoms with Gasteiger partial charge in [0.25, 0.3) is 0 Å². The van der Waals surface area contributed by atoms with E-state index in [4.69, 9.17) is 10.5 Å². The first-order valence-electron chi connectivity index (χ1n) is 6.63. The van der Waals surface area contributed by atoms with E-state index in [1.165, 1.54) is 18.4 Å². The van der Waals surface area contributed by atoms with Crippen LogP contribution in [-0.2, 0) is 4.74 Å². The number of benzene rings is 1. The topological polar surface area (TPSA) is 52.3 Å². The zero-order valence-electron chi connectivity index (χ0n) is 12.5. The number of halogens is 1. The molecule has 0 amide bonds. The summed E-state index contributed by atoms with van der Waals surface area (Å²) in [6, 6.07) is 6.12. The Labute approximate surface area is 137 Å². The van der Waals surface area contributed by atoms with Crippen molar-refractivity contribution >= 4 is 38.9 Å². The van der Waals surface area contributed by atoms with Crippen LogP contribution in [0.3, 0.4) is 0 Å². The Kier molecular flexibility index (Phi) is 4.74. The van der Waals surface area contributed by atoms with Crippen LogP contribution in [0.1, 0.15) is 40.6 Å². The molecule has 2 rings (SSSR count). The smallest absolute Gasteiger partial charge is 0.350 e. The molecule has 0 unspecified atom stereocenters. The normalized spacial score (nSPS) is 11.0. The van der Waals surface area contributed by atoms with E-state index in [1.54, 1.807) is 0 Å². The monoisotopic (exact) mass is 367 g/mol. The number of methoxy groups -OCH3 is 1. The second-order valence-corrected chi connectivity index (χ2v) is 7.13. The van der Waals surface area contributed by atoms with Crippen LogP contribution >= 0.6 is 27.3 Å². The van der Waals surface area contributed by atoms with Crippen molar-refractivity contribution in [1.82, 2.24) is 0 Å². The average Bonchev–Trinajstić information content (AvgIpc) is 2.75. The molecule has 1 aromatic carbocycles. The number of thiophene rings is 1. The quantitative estimate of drug-likeness (QED) is 0.778. The summed E-state index contributed by atoms with van der Waals surface area (Å²) in [4.78, 5) is 13.4. The van der Waals surface area contributed by atoms with Crippen molar-refractivity contribution in [1.29, 1.82) is 0 Å². The number of nitrogens with two attached hydrogens (primary N) is 1. The van der Waals surface area contributed by atoms with Crippen molar-refractivity contribution in [2.45, 2.75) is 26.7 Å². The molecule has 0 aliphatic rings. The van der Waals surface area contributed by atoms with Crippen molar-refractivity contribution in [3.05, 3.63) is 38.7 Å². The molecule has 5 heteroatoms. The highest BCUT2D eigenvalue weighted by molar-refractivity contribution is 9.10. The fraction of sp³-hybridized carbons (Fsp3) is 0.312. The third kappa shape index (κ3) is 2.99. The standard InChI is InChI=1S/C16H18BrNO2S/c1-8(2)12-13(18)15(16(19)20-4)21-14(12)11-6-5-10(17)7-9(11)3/h5-8H,18H2,1-4H3. The molecule has 3 nitrogen and oxygen atoms in total. The molecule has 2 aromatic rings. The molecule has 0 radical (unpaired) electrons. The lowest BCUT2D eigenvalue weighted by atomic mass is 9.96. The van der Waals surface area contributed by atoms with E-state index >= 15 is 0 Å². The summed E-state index contributed by atoms with van der Waals surface area (Å²) < 4.78 is 5.87. The fourth-order valence-corrected chi connectivity index (χ4v) is 4.22. The molecule has 21 heavy (non-hydrogen) atoms. The Morgan fingerprint density at radius 2 is 2.05 bits per heavy atom. The number of hydrogen-bond donors (Lipinski definition) is 1. The van der Waals surface area contributed by atoms with Crippen molar-refractivity contribution in [3.63, 3.8) is 0 Å². The van der Waals surface area contributed by atoms with Crippen molar-refractivity contribution in [3.8, 4) is 10.4 Å². The van der Waals surface area contributed by atoms with Gasteiger partial charge in [-0.15, -0.1) is 11.3 Å². The maximum absolute atomic E-state index is 11.9. The van der Waals surface area contributed by atoms with E-state index in [9.17, 15) is 4.79 Å². The van der Waals surface area contributed by atoms with Crippen LogP contribution < -0.4 is 5.73 Å². The van der Waals surface area contributed by atoms with Crippen LogP contribution in [0.4, 0.5) is 5.69 Å². The molecular weight excluding hydrogens is 350 g/mol. The summed E-state index contributed by atoms with van der Waals surface area (Å²) in [5.74, 6) is -0.141. The van der Waals surface area contributed by atoms with E-state index in [-0.39, 0.29) is 11.9 Å². The highest BCUT2D eigenvalue weighted by Gasteiger charge is 2.24. The van der Waals surface area contributed by atoms with Crippen LogP contribution in [0.2, 0.25) is 0 Å². The average molecular weight is 368 g/mol. The predicted molar refractivity (Wildman–Crippen MR) is 92.0 cm³/mol. The first-order valence-corrected chi connectivity index (χ1v) is 8.24. The molecule has 0 aliphatic carbocycles. The summed E-state index contributed by atoms with van der Waals surface area (Å²) in [6.45, 7) is 6.21. The van der Waals surface area contributed by atoms with E-state index in [0.717, 1.165) is 26.0 Å². The van der Waals surface area contributed by atoms with Crippen LogP contribution in [0.15, 0.2) is 22.7 Å². The van der Waals surface area contributed by atoms with Gasteiger partial charge in [0.05, 0.1) is 12.8 Å². The number of carbonyl (C=O) groups is 1. The molecular formula is C16H18BrNO2S. The van der Waals surface area contributed by atoms with Gasteiger partial charge in [-0.1, -0.05) is 35.8 Å². The number of ether oxygens (including phenoxy) is 1. The molecule has 0 spiro atoms. The van der Waals surface area contributed by atoms with Gasteiger partial charge < -0.3 is 10.5 Å². The summed E-state index contributed by atoms with van der Waals surface area (Å²) >= 11 is 4.88. The highest BCUT2D eigenvalue weighted by Crippen LogP contribution is 2.44. The van der Waals surface area contributed by atoms with E-state index in [1.807, 2.05) is 6.07 Å². The first-order chi connectivity index (χ1) is 9.86. The van der Waals surface area contributed by atoms with Crippen LogP contribution in [0.25, 0.3) is 10.4 Å². The third-order valence-electron chi connectivity index (χ3n) is 3.36. The van der Waals surface area contributed by atoms with E-state index < -0.39 is 0 Å². The lowest BCUT2D eigenvalue weighted by molar-refractivity contribution is 0.0607. The summed E-state index contributed by atoms with van der Waals surface area (Å²) in [7, 11) is 1.38. The van der Waals surface area contributed by atoms with Gasteiger partial charge in [-0.05, 0) is 41.7 Å². The number of hydrogen-bond acceptors (Lipinski definition) is 4. The minimum absolute atomic E-state index is 0.234. The number of carbonyl (C=O) groups excluding carboxylic acids is 1. The van der Waals surface area contributed by atoms with Gasteiger partial charge in [-0.2, -0.15) is 0 Å². The van der Waals surface area contributed by atoms with Crippen LogP contribution in [-0.4, -0.2) is 13.1 Å². The molecule has 0 saturated carbocycles. The molecule has 0 atom stereocenters. The van der Waals surface area contributed by atoms with Gasteiger partial charge in [0, 0.05) is 9.35 Å². The Hall–Kier alpha value is -1.33. The lowest BCUT2D eigenvalue weighted by Crippen LogP contribution is -2.03. The SMILES string of the molecule is COC(=O)c1sc(-c2ccc(Br)cc2C)c(C(C)C)c1N. The van der Waals surface area contributed by atoms with Crippen molar-refractivity contribution in [2.24, 2.45) is 0 Å². The third-order valence-corrected chi connectivity index (χ3v) is 5.09. The number of anilines is 1. The van der Waals surface area contributed by atoms with Gasteiger partial charge in [-0.3, -0.25) is 0 Å². The van der Waals surface area contributed by atoms with Gasteiger partial charge >= 0.3 is 5.97 Å². The van der Waals surface area contributed by atoms with Crippen LogP contribution in [0.5, 0.6) is 0 Å². The Morgan fingerprint density at radius 1 is 1.38 bits per heavy atom. The zero-order valence-corrected chi connectivity index (χ0v) is 14.9. The predicted octanol–water partition coefficient (Wildman–Crippen LogP) is 4.98. The van der Waals surface area contributed by atoms with Gasteiger partial charge in [-0.25, -0.2) is 4.79 Å². The fourth-order valence-electron chi connectivity index (χ4n) is 2.36. The number of nitrogen functional groups attached to an aromatic ring is 1. The maximum Gasteiger partial charge on any atom is 0.350 e. The summed E-state index contributed by atoms with van der Waals surface area (Å²) in [6.07, 6.45) is 0. The van der Waals surface area contributed by atoms with Crippen LogP contribution in [0, 0.1) is 6.92 Å². The Balaban J connectivity index is 2.70. The number of esters is 1.